The van der Waals surface area contributed by atoms with Crippen LogP contribution in [0, 0.1) is 18.8 Å². The maximum atomic E-state index is 12.6. The van der Waals surface area contributed by atoms with E-state index in [1.807, 2.05) is 11.6 Å². The zero-order chi connectivity index (χ0) is 17.8. The molecule has 0 saturated carbocycles. The third-order valence-electron chi connectivity index (χ3n) is 5.47. The standard InChI is InChI=1S/C18H31N5O2/c1-12(2)17-14(5-4-10-25-17)11-20-18(24)16-13(3)23(22-21-16)15-6-8-19-9-7-15/h12,14-15,17,19H,4-11H2,1-3H3,(H,20,24)/t14-,17+/m1/s1. The molecule has 2 saturated heterocycles. The summed E-state index contributed by atoms with van der Waals surface area (Å²) in [6.07, 6.45) is 4.45. The Morgan fingerprint density at radius 3 is 2.84 bits per heavy atom. The van der Waals surface area contributed by atoms with Gasteiger partial charge in [0.05, 0.1) is 17.8 Å². The van der Waals surface area contributed by atoms with Crippen molar-refractivity contribution in [2.75, 3.05) is 26.2 Å². The molecule has 7 nitrogen and oxygen atoms in total. The third-order valence-corrected chi connectivity index (χ3v) is 5.47. The molecule has 7 heteroatoms. The van der Waals surface area contributed by atoms with Gasteiger partial charge in [0.2, 0.25) is 0 Å². The maximum absolute atomic E-state index is 12.6. The van der Waals surface area contributed by atoms with Crippen molar-refractivity contribution in [2.24, 2.45) is 11.8 Å². The number of hydrogen-bond donors (Lipinski definition) is 2. The molecule has 0 aliphatic carbocycles. The molecule has 0 unspecified atom stereocenters. The molecule has 2 fully saturated rings. The van der Waals surface area contributed by atoms with Crippen molar-refractivity contribution in [3.8, 4) is 0 Å². The van der Waals surface area contributed by atoms with Crippen LogP contribution in [0.15, 0.2) is 0 Å². The van der Waals surface area contributed by atoms with Crippen molar-refractivity contribution < 1.29 is 9.53 Å². The van der Waals surface area contributed by atoms with Gasteiger partial charge < -0.3 is 15.4 Å². The van der Waals surface area contributed by atoms with Crippen molar-refractivity contribution >= 4 is 5.91 Å². The van der Waals surface area contributed by atoms with Crippen LogP contribution < -0.4 is 10.6 Å². The van der Waals surface area contributed by atoms with E-state index in [4.69, 9.17) is 4.74 Å². The Morgan fingerprint density at radius 2 is 2.12 bits per heavy atom. The summed E-state index contributed by atoms with van der Waals surface area (Å²) in [5.74, 6) is 0.716. The average Bonchev–Trinajstić information content (AvgIpc) is 3.02. The van der Waals surface area contributed by atoms with Gasteiger partial charge in [-0.25, -0.2) is 4.68 Å². The number of amides is 1. The number of ether oxygens (including phenoxy) is 1. The Morgan fingerprint density at radius 1 is 1.36 bits per heavy atom. The SMILES string of the molecule is Cc1c(C(=O)NC[C@H]2CCCO[C@H]2C(C)C)nnn1C1CCNCC1. The van der Waals surface area contributed by atoms with Gasteiger partial charge in [-0.05, 0) is 51.6 Å². The molecule has 0 bridgehead atoms. The summed E-state index contributed by atoms with van der Waals surface area (Å²) in [5, 5.41) is 14.8. The summed E-state index contributed by atoms with van der Waals surface area (Å²) in [6, 6.07) is 0.340. The van der Waals surface area contributed by atoms with Crippen LogP contribution in [0.2, 0.25) is 0 Å². The number of carbonyl (C=O) groups is 1. The van der Waals surface area contributed by atoms with E-state index in [0.717, 1.165) is 51.1 Å². The first kappa shape index (κ1) is 18.3. The van der Waals surface area contributed by atoms with Gasteiger partial charge in [0.1, 0.15) is 0 Å². The molecule has 2 aliphatic rings. The quantitative estimate of drug-likeness (QED) is 0.845. The number of nitrogens with one attached hydrogen (secondary N) is 2. The highest BCUT2D eigenvalue weighted by molar-refractivity contribution is 5.93. The Hall–Kier alpha value is -1.47. The largest absolute Gasteiger partial charge is 0.378 e. The lowest BCUT2D eigenvalue weighted by molar-refractivity contribution is -0.0510. The van der Waals surface area contributed by atoms with E-state index in [1.165, 1.54) is 0 Å². The number of rotatable bonds is 5. The number of piperidine rings is 1. The summed E-state index contributed by atoms with van der Waals surface area (Å²) >= 11 is 0. The van der Waals surface area contributed by atoms with Gasteiger partial charge in [-0.2, -0.15) is 0 Å². The van der Waals surface area contributed by atoms with Gasteiger partial charge >= 0.3 is 0 Å². The Kier molecular flexibility index (Phi) is 6.06. The van der Waals surface area contributed by atoms with Crippen molar-refractivity contribution in [3.63, 3.8) is 0 Å². The van der Waals surface area contributed by atoms with E-state index < -0.39 is 0 Å². The lowest BCUT2D eigenvalue weighted by Gasteiger charge is -2.34. The molecular formula is C18H31N5O2. The molecule has 3 heterocycles. The highest BCUT2D eigenvalue weighted by Crippen LogP contribution is 2.26. The van der Waals surface area contributed by atoms with Crippen LogP contribution in [0.1, 0.15) is 61.8 Å². The number of nitrogens with zero attached hydrogens (tertiary/aromatic N) is 3. The van der Waals surface area contributed by atoms with E-state index in [2.05, 4.69) is 34.8 Å². The molecule has 2 aliphatic heterocycles. The minimum absolute atomic E-state index is 0.120. The molecule has 0 aromatic carbocycles. The van der Waals surface area contributed by atoms with Crippen molar-refractivity contribution in [1.29, 1.82) is 0 Å². The predicted octanol–water partition coefficient (Wildman–Crippen LogP) is 1.69. The van der Waals surface area contributed by atoms with Gasteiger partial charge in [-0.3, -0.25) is 4.79 Å². The minimum atomic E-state index is -0.120. The molecule has 25 heavy (non-hydrogen) atoms. The van der Waals surface area contributed by atoms with E-state index >= 15 is 0 Å². The molecule has 1 amide bonds. The molecule has 2 atom stereocenters. The molecule has 1 aromatic rings. The van der Waals surface area contributed by atoms with E-state index in [0.29, 0.717) is 30.1 Å². The monoisotopic (exact) mass is 349 g/mol. The van der Waals surface area contributed by atoms with Gasteiger partial charge in [-0.15, -0.1) is 5.10 Å². The second-order valence-electron chi connectivity index (χ2n) is 7.64. The van der Waals surface area contributed by atoms with E-state index in [1.54, 1.807) is 0 Å². The highest BCUT2D eigenvalue weighted by atomic mass is 16.5. The maximum Gasteiger partial charge on any atom is 0.273 e. The smallest absolute Gasteiger partial charge is 0.273 e. The topological polar surface area (TPSA) is 81.1 Å². The van der Waals surface area contributed by atoms with E-state index in [9.17, 15) is 4.79 Å². The number of hydrogen-bond acceptors (Lipinski definition) is 5. The Balaban J connectivity index is 1.60. The summed E-state index contributed by atoms with van der Waals surface area (Å²) < 4.78 is 7.83. The van der Waals surface area contributed by atoms with Crippen molar-refractivity contribution in [1.82, 2.24) is 25.6 Å². The van der Waals surface area contributed by atoms with Crippen LogP contribution in [-0.2, 0) is 4.74 Å². The fourth-order valence-corrected chi connectivity index (χ4v) is 4.08. The van der Waals surface area contributed by atoms with Crippen LogP contribution in [0.4, 0.5) is 0 Å². The second kappa shape index (κ2) is 8.27. The second-order valence-corrected chi connectivity index (χ2v) is 7.64. The first-order valence-corrected chi connectivity index (χ1v) is 9.60. The number of carbonyl (C=O) groups excluding carboxylic acids is 1. The van der Waals surface area contributed by atoms with E-state index in [-0.39, 0.29) is 12.0 Å². The number of aromatic nitrogens is 3. The van der Waals surface area contributed by atoms with Crippen LogP contribution in [0.3, 0.4) is 0 Å². The fraction of sp³-hybridized carbons (Fsp3) is 0.833. The lowest BCUT2D eigenvalue weighted by Crippen LogP contribution is -2.41. The summed E-state index contributed by atoms with van der Waals surface area (Å²) in [4.78, 5) is 12.6. The van der Waals surface area contributed by atoms with Crippen LogP contribution in [0.25, 0.3) is 0 Å². The van der Waals surface area contributed by atoms with Gasteiger partial charge in [0.25, 0.3) is 5.91 Å². The molecule has 3 rings (SSSR count). The first-order chi connectivity index (χ1) is 12.1. The van der Waals surface area contributed by atoms with Gasteiger partial charge in [0, 0.05) is 19.1 Å². The third kappa shape index (κ3) is 4.20. The van der Waals surface area contributed by atoms with Crippen LogP contribution in [0.5, 0.6) is 0 Å². The van der Waals surface area contributed by atoms with Gasteiger partial charge in [0.15, 0.2) is 5.69 Å². The normalized spacial score (nSPS) is 25.3. The average molecular weight is 349 g/mol. The Bertz CT molecular complexity index is 580. The van der Waals surface area contributed by atoms with Crippen molar-refractivity contribution in [2.45, 2.75) is 58.6 Å². The zero-order valence-electron chi connectivity index (χ0n) is 15.6. The lowest BCUT2D eigenvalue weighted by atomic mass is 9.87. The molecule has 0 radical (unpaired) electrons. The van der Waals surface area contributed by atoms with Gasteiger partial charge in [-0.1, -0.05) is 19.1 Å². The molecule has 1 aromatic heterocycles. The minimum Gasteiger partial charge on any atom is -0.378 e. The first-order valence-electron chi connectivity index (χ1n) is 9.60. The zero-order valence-corrected chi connectivity index (χ0v) is 15.6. The summed E-state index contributed by atoms with van der Waals surface area (Å²) in [7, 11) is 0. The van der Waals surface area contributed by atoms with Crippen LogP contribution in [-0.4, -0.2) is 53.2 Å². The van der Waals surface area contributed by atoms with Crippen molar-refractivity contribution in [3.05, 3.63) is 11.4 Å². The molecule has 2 N–H and O–H groups in total. The molecular weight excluding hydrogens is 318 g/mol. The predicted molar refractivity (Wildman–Crippen MR) is 95.5 cm³/mol. The molecule has 0 spiro atoms. The van der Waals surface area contributed by atoms with Crippen LogP contribution >= 0.6 is 0 Å². The summed E-state index contributed by atoms with van der Waals surface area (Å²) in [6.45, 7) is 9.75. The highest BCUT2D eigenvalue weighted by Gasteiger charge is 2.29. The Labute approximate surface area is 149 Å². The molecule has 140 valence electrons. The summed E-state index contributed by atoms with van der Waals surface area (Å²) in [5.41, 5.74) is 1.32. The fourth-order valence-electron chi connectivity index (χ4n) is 4.08.